The number of amides is 1. The predicted molar refractivity (Wildman–Crippen MR) is 291 cm³/mol. The quantitative estimate of drug-likeness (QED) is 0.0205. The van der Waals surface area contributed by atoms with E-state index >= 15 is 0 Å². The number of nitrogens with one attached hydrogen (secondary N) is 1. The van der Waals surface area contributed by atoms with Crippen molar-refractivity contribution < 1.29 is 64.6 Å². The first-order chi connectivity index (χ1) is 35.6. The van der Waals surface area contributed by atoms with Crippen molar-refractivity contribution in [2.24, 2.45) is 0 Å². The van der Waals surface area contributed by atoms with Gasteiger partial charge < -0.3 is 65.1 Å². The average molecular weight is 1040 g/mol. The summed E-state index contributed by atoms with van der Waals surface area (Å²) < 4.78 is 22.8. The van der Waals surface area contributed by atoms with E-state index in [9.17, 15) is 45.6 Å². The summed E-state index contributed by atoms with van der Waals surface area (Å²) >= 11 is 0. The van der Waals surface area contributed by atoms with E-state index in [1.165, 1.54) is 148 Å². The standard InChI is InChI=1S/C59H109NO13/c1-3-5-7-9-11-13-15-17-18-19-20-21-22-23-24-25-26-27-28-29-30-31-33-35-37-39-41-43-51(64)60-47(48(63)42-40-38-36-34-32-16-14-12-10-8-6-4-2)46-70-58-56(69)54(67)57(50(45-62)72-58)73-59-55(68)53(66)52(65)49(44-61)71-59/h15,17,19-20,22-23,47-50,52-59,61-63,65-69H,3-14,16,18,21,24-46H2,1-2H3,(H,60,64)/b17-15-,20-19-,23-22-. The second-order valence-electron chi connectivity index (χ2n) is 21.1. The third-order valence-electron chi connectivity index (χ3n) is 14.6. The van der Waals surface area contributed by atoms with Crippen LogP contribution in [0, 0.1) is 0 Å². The lowest BCUT2D eigenvalue weighted by molar-refractivity contribution is -0.359. The molecule has 2 saturated heterocycles. The number of aliphatic hydroxyl groups is 8. The predicted octanol–water partition coefficient (Wildman–Crippen LogP) is 9.83. The van der Waals surface area contributed by atoms with Gasteiger partial charge in [0.25, 0.3) is 0 Å². The molecule has 0 bridgehead atoms. The van der Waals surface area contributed by atoms with E-state index < -0.39 is 86.8 Å². The number of carbonyl (C=O) groups excluding carboxylic acids is 1. The van der Waals surface area contributed by atoms with Gasteiger partial charge in [0, 0.05) is 6.42 Å². The van der Waals surface area contributed by atoms with Crippen LogP contribution >= 0.6 is 0 Å². The molecule has 2 heterocycles. The highest BCUT2D eigenvalue weighted by molar-refractivity contribution is 5.76. The minimum absolute atomic E-state index is 0.209. The van der Waals surface area contributed by atoms with Crippen LogP contribution in [0.3, 0.4) is 0 Å². The molecule has 0 aliphatic carbocycles. The molecule has 0 radical (unpaired) electrons. The van der Waals surface area contributed by atoms with Crippen LogP contribution in [0.25, 0.3) is 0 Å². The Balaban J connectivity index is 1.69. The van der Waals surface area contributed by atoms with Crippen molar-refractivity contribution in [1.29, 1.82) is 0 Å². The van der Waals surface area contributed by atoms with Crippen molar-refractivity contribution in [2.45, 2.75) is 312 Å². The fraction of sp³-hybridized carbons (Fsp3) is 0.881. The fourth-order valence-electron chi connectivity index (χ4n) is 9.77. The molecule has 2 rings (SSSR count). The summed E-state index contributed by atoms with van der Waals surface area (Å²) in [5.41, 5.74) is 0. The summed E-state index contributed by atoms with van der Waals surface area (Å²) in [4.78, 5) is 13.3. The van der Waals surface area contributed by atoms with Gasteiger partial charge in [0.1, 0.15) is 48.8 Å². The Morgan fingerprint density at radius 3 is 1.38 bits per heavy atom. The van der Waals surface area contributed by atoms with E-state index in [-0.39, 0.29) is 12.5 Å². The molecule has 2 aliphatic rings. The highest BCUT2D eigenvalue weighted by Crippen LogP contribution is 2.30. The molecule has 428 valence electrons. The van der Waals surface area contributed by atoms with E-state index in [1.807, 2.05) is 0 Å². The maximum Gasteiger partial charge on any atom is 0.220 e. The van der Waals surface area contributed by atoms with Crippen LogP contribution < -0.4 is 5.32 Å². The van der Waals surface area contributed by atoms with Crippen LogP contribution in [0.2, 0.25) is 0 Å². The number of hydrogen-bond acceptors (Lipinski definition) is 13. The third kappa shape index (κ3) is 31.3. The molecule has 0 aromatic rings. The first kappa shape index (κ1) is 67.3. The third-order valence-corrected chi connectivity index (χ3v) is 14.6. The Morgan fingerprint density at radius 1 is 0.493 bits per heavy atom. The summed E-state index contributed by atoms with van der Waals surface area (Å²) in [6.45, 7) is 2.84. The molecule has 0 spiro atoms. The van der Waals surface area contributed by atoms with Crippen LogP contribution in [0.5, 0.6) is 0 Å². The first-order valence-corrected chi connectivity index (χ1v) is 29.7. The molecule has 2 aliphatic heterocycles. The van der Waals surface area contributed by atoms with Crippen LogP contribution in [0.15, 0.2) is 36.5 Å². The van der Waals surface area contributed by atoms with Crippen molar-refractivity contribution in [3.8, 4) is 0 Å². The summed E-state index contributed by atoms with van der Waals surface area (Å²) in [7, 11) is 0. The maximum absolute atomic E-state index is 13.3. The van der Waals surface area contributed by atoms with Gasteiger partial charge in [-0.3, -0.25) is 4.79 Å². The van der Waals surface area contributed by atoms with Gasteiger partial charge in [0.05, 0.1) is 32.0 Å². The first-order valence-electron chi connectivity index (χ1n) is 29.7. The largest absolute Gasteiger partial charge is 0.394 e. The van der Waals surface area contributed by atoms with Crippen molar-refractivity contribution in [2.75, 3.05) is 19.8 Å². The number of allylic oxidation sites excluding steroid dienone is 6. The number of carbonyl (C=O) groups is 1. The SMILES string of the molecule is CCCCCCC/C=C\C/C=C\C/C=C\CCCCCCCCCCCCCCC(=O)NC(COC1OC(CO)C(OC2OC(CO)C(O)C(O)C2O)C(O)C1O)C(O)CCCCCCCCCCCCCC. The Morgan fingerprint density at radius 2 is 0.904 bits per heavy atom. The van der Waals surface area contributed by atoms with Crippen molar-refractivity contribution in [3.63, 3.8) is 0 Å². The molecule has 2 fully saturated rings. The second kappa shape index (κ2) is 45.3. The molecule has 0 aromatic heterocycles. The highest BCUT2D eigenvalue weighted by atomic mass is 16.7. The fourth-order valence-corrected chi connectivity index (χ4v) is 9.77. The minimum atomic E-state index is -1.78. The zero-order valence-electron chi connectivity index (χ0n) is 45.9. The maximum atomic E-state index is 13.3. The molecule has 0 saturated carbocycles. The topological polar surface area (TPSA) is 228 Å². The molecule has 12 unspecified atom stereocenters. The number of hydrogen-bond donors (Lipinski definition) is 9. The molecule has 73 heavy (non-hydrogen) atoms. The highest BCUT2D eigenvalue weighted by Gasteiger charge is 2.51. The minimum Gasteiger partial charge on any atom is -0.394 e. The molecule has 14 heteroatoms. The number of aliphatic hydroxyl groups excluding tert-OH is 8. The Bertz CT molecular complexity index is 1370. The zero-order chi connectivity index (χ0) is 53.2. The van der Waals surface area contributed by atoms with E-state index in [1.54, 1.807) is 0 Å². The van der Waals surface area contributed by atoms with Gasteiger partial charge in [-0.15, -0.1) is 0 Å². The van der Waals surface area contributed by atoms with Gasteiger partial charge in [0.15, 0.2) is 12.6 Å². The van der Waals surface area contributed by atoms with Crippen LogP contribution in [-0.2, 0) is 23.7 Å². The van der Waals surface area contributed by atoms with Crippen molar-refractivity contribution in [3.05, 3.63) is 36.5 Å². The van der Waals surface area contributed by atoms with E-state index in [0.717, 1.165) is 64.2 Å². The number of rotatable bonds is 47. The normalized spacial score (nSPS) is 25.6. The summed E-state index contributed by atoms with van der Waals surface area (Å²) in [6.07, 6.45) is 37.2. The monoisotopic (exact) mass is 1040 g/mol. The molecule has 9 N–H and O–H groups in total. The van der Waals surface area contributed by atoms with Gasteiger partial charge in [-0.05, 0) is 51.4 Å². The smallest absolute Gasteiger partial charge is 0.220 e. The second-order valence-corrected chi connectivity index (χ2v) is 21.1. The van der Waals surface area contributed by atoms with E-state index in [0.29, 0.717) is 12.8 Å². The van der Waals surface area contributed by atoms with E-state index in [2.05, 4.69) is 55.6 Å². The lowest BCUT2D eigenvalue weighted by atomic mass is 9.97. The van der Waals surface area contributed by atoms with Gasteiger partial charge in [-0.2, -0.15) is 0 Å². The van der Waals surface area contributed by atoms with E-state index in [4.69, 9.17) is 18.9 Å². The number of unbranched alkanes of at least 4 members (excludes halogenated alkanes) is 28. The summed E-state index contributed by atoms with van der Waals surface area (Å²) in [5.74, 6) is -0.209. The van der Waals surface area contributed by atoms with Crippen molar-refractivity contribution >= 4 is 5.91 Å². The molecule has 12 atom stereocenters. The Kier molecular flexibility index (Phi) is 41.7. The lowest BCUT2D eigenvalue weighted by Crippen LogP contribution is -2.65. The van der Waals surface area contributed by atoms with Crippen LogP contribution in [0.1, 0.15) is 239 Å². The van der Waals surface area contributed by atoms with Crippen LogP contribution in [0.4, 0.5) is 0 Å². The summed E-state index contributed by atoms with van der Waals surface area (Å²) in [5, 5.41) is 87.1. The van der Waals surface area contributed by atoms with Gasteiger partial charge in [-0.1, -0.05) is 217 Å². The Labute approximate surface area is 442 Å². The van der Waals surface area contributed by atoms with Gasteiger partial charge >= 0.3 is 0 Å². The average Bonchev–Trinajstić information content (AvgIpc) is 3.39. The molecular weight excluding hydrogens is 931 g/mol. The van der Waals surface area contributed by atoms with Gasteiger partial charge in [-0.25, -0.2) is 0 Å². The Hall–Kier alpha value is -1.79. The summed E-state index contributed by atoms with van der Waals surface area (Å²) in [6, 6.07) is -0.828. The van der Waals surface area contributed by atoms with Gasteiger partial charge in [0.2, 0.25) is 5.91 Å². The molecule has 0 aromatic carbocycles. The molecule has 14 nitrogen and oxygen atoms in total. The zero-order valence-corrected chi connectivity index (χ0v) is 45.9. The van der Waals surface area contributed by atoms with Crippen molar-refractivity contribution in [1.82, 2.24) is 5.32 Å². The van der Waals surface area contributed by atoms with Crippen LogP contribution in [-0.4, -0.2) is 140 Å². The molecular formula is C59H109NO13. The molecule has 1 amide bonds. The number of ether oxygens (including phenoxy) is 4. The lowest BCUT2D eigenvalue weighted by Gasteiger charge is -2.46.